The number of nitro groups is 1. The van der Waals surface area contributed by atoms with Crippen molar-refractivity contribution >= 4 is 11.5 Å². The molecule has 3 N–H and O–H groups in total. The summed E-state index contributed by atoms with van der Waals surface area (Å²) < 4.78 is 0. The maximum Gasteiger partial charge on any atom is 0.269 e. The predicted molar refractivity (Wildman–Crippen MR) is 52.5 cm³/mol. The second-order valence-electron chi connectivity index (χ2n) is 2.96. The summed E-state index contributed by atoms with van der Waals surface area (Å²) in [5.74, 6) is -0.438. The zero-order chi connectivity index (χ0) is 11.4. The van der Waals surface area contributed by atoms with E-state index in [1.807, 2.05) is 0 Å². The SMILES string of the molecule is N[C@@H](CO)C(=O)c1ccc([N+](=O)[O-])cc1. The quantitative estimate of drug-likeness (QED) is 0.416. The maximum absolute atomic E-state index is 11.4. The number of non-ortho nitro benzene ring substituents is 1. The van der Waals surface area contributed by atoms with Crippen molar-refractivity contribution in [1.82, 2.24) is 0 Å². The highest BCUT2D eigenvalue weighted by Gasteiger charge is 2.15. The Labute approximate surface area is 85.5 Å². The largest absolute Gasteiger partial charge is 0.394 e. The van der Waals surface area contributed by atoms with E-state index in [0.717, 1.165) is 0 Å². The second-order valence-corrected chi connectivity index (χ2v) is 2.96. The highest BCUT2D eigenvalue weighted by molar-refractivity contribution is 6.00. The Balaban J connectivity index is 2.89. The fourth-order valence-electron chi connectivity index (χ4n) is 1.04. The third-order valence-corrected chi connectivity index (χ3v) is 1.90. The van der Waals surface area contributed by atoms with Crippen LogP contribution < -0.4 is 5.73 Å². The van der Waals surface area contributed by atoms with Crippen LogP contribution in [0.3, 0.4) is 0 Å². The molecular weight excluding hydrogens is 200 g/mol. The normalized spacial score (nSPS) is 12.1. The molecule has 0 aliphatic rings. The number of Topliss-reactive ketones (excluding diaryl/α,β-unsaturated/α-hetero) is 1. The Kier molecular flexibility index (Phi) is 3.48. The Morgan fingerprint density at radius 1 is 1.47 bits per heavy atom. The zero-order valence-electron chi connectivity index (χ0n) is 7.79. The lowest BCUT2D eigenvalue weighted by molar-refractivity contribution is -0.384. The predicted octanol–water partition coefficient (Wildman–Crippen LogP) is 0.0971. The monoisotopic (exact) mass is 210 g/mol. The van der Waals surface area contributed by atoms with Crippen LogP contribution in [0.15, 0.2) is 24.3 Å². The highest BCUT2D eigenvalue weighted by atomic mass is 16.6. The number of carbonyl (C=O) groups is 1. The third-order valence-electron chi connectivity index (χ3n) is 1.90. The molecule has 1 rings (SSSR count). The van der Waals surface area contributed by atoms with Crippen LogP contribution in [0.2, 0.25) is 0 Å². The lowest BCUT2D eigenvalue weighted by Crippen LogP contribution is -2.33. The molecule has 1 aromatic carbocycles. The lowest BCUT2D eigenvalue weighted by Gasteiger charge is -2.05. The number of nitrogens with two attached hydrogens (primary N) is 1. The second kappa shape index (κ2) is 4.63. The van der Waals surface area contributed by atoms with E-state index in [9.17, 15) is 14.9 Å². The molecule has 0 aliphatic heterocycles. The number of benzene rings is 1. The van der Waals surface area contributed by atoms with Crippen LogP contribution in [-0.4, -0.2) is 28.5 Å². The van der Waals surface area contributed by atoms with Gasteiger partial charge in [0.25, 0.3) is 5.69 Å². The minimum atomic E-state index is -0.980. The molecule has 0 radical (unpaired) electrons. The van der Waals surface area contributed by atoms with Gasteiger partial charge in [-0.3, -0.25) is 14.9 Å². The molecule has 6 nitrogen and oxygen atoms in total. The van der Waals surface area contributed by atoms with Crippen LogP contribution in [0.25, 0.3) is 0 Å². The van der Waals surface area contributed by atoms with E-state index < -0.39 is 23.4 Å². The van der Waals surface area contributed by atoms with Gasteiger partial charge in [-0.15, -0.1) is 0 Å². The summed E-state index contributed by atoms with van der Waals surface area (Å²) in [7, 11) is 0. The first-order chi connectivity index (χ1) is 7.06. The number of aliphatic hydroxyl groups is 1. The molecule has 0 spiro atoms. The van der Waals surface area contributed by atoms with E-state index in [4.69, 9.17) is 10.8 Å². The average molecular weight is 210 g/mol. The van der Waals surface area contributed by atoms with Crippen LogP contribution in [0.1, 0.15) is 10.4 Å². The molecule has 0 bridgehead atoms. The number of hydrogen-bond acceptors (Lipinski definition) is 5. The molecule has 1 aromatic rings. The van der Waals surface area contributed by atoms with Gasteiger partial charge in [0.15, 0.2) is 5.78 Å². The van der Waals surface area contributed by atoms with Gasteiger partial charge in [0.2, 0.25) is 0 Å². The van der Waals surface area contributed by atoms with E-state index in [2.05, 4.69) is 0 Å². The number of aliphatic hydroxyl groups excluding tert-OH is 1. The summed E-state index contributed by atoms with van der Waals surface area (Å²) in [4.78, 5) is 21.2. The minimum Gasteiger partial charge on any atom is -0.394 e. The van der Waals surface area contributed by atoms with E-state index in [0.29, 0.717) is 0 Å². The summed E-state index contributed by atoms with van der Waals surface area (Å²) in [6.07, 6.45) is 0. The summed E-state index contributed by atoms with van der Waals surface area (Å²) in [5, 5.41) is 19.0. The highest BCUT2D eigenvalue weighted by Crippen LogP contribution is 2.12. The fourth-order valence-corrected chi connectivity index (χ4v) is 1.04. The fraction of sp³-hybridized carbons (Fsp3) is 0.222. The van der Waals surface area contributed by atoms with Crippen LogP contribution in [0, 0.1) is 10.1 Å². The first-order valence-electron chi connectivity index (χ1n) is 4.21. The lowest BCUT2D eigenvalue weighted by atomic mass is 10.1. The van der Waals surface area contributed by atoms with Gasteiger partial charge in [-0.1, -0.05) is 0 Å². The Morgan fingerprint density at radius 3 is 2.40 bits per heavy atom. The molecule has 6 heteroatoms. The van der Waals surface area contributed by atoms with Gasteiger partial charge in [-0.25, -0.2) is 0 Å². The molecule has 0 aliphatic carbocycles. The van der Waals surface area contributed by atoms with E-state index in [1.165, 1.54) is 24.3 Å². The van der Waals surface area contributed by atoms with E-state index in [-0.39, 0.29) is 11.3 Å². The van der Waals surface area contributed by atoms with Crippen molar-refractivity contribution in [2.24, 2.45) is 5.73 Å². The van der Waals surface area contributed by atoms with Crippen molar-refractivity contribution in [2.75, 3.05) is 6.61 Å². The standard InChI is InChI=1S/C9H10N2O4/c10-8(5-12)9(13)6-1-3-7(4-2-6)11(14)15/h1-4,8,12H,5,10H2/t8-/m0/s1. The number of nitro benzene ring substituents is 1. The van der Waals surface area contributed by atoms with Crippen LogP contribution >= 0.6 is 0 Å². The third kappa shape index (κ3) is 2.58. The number of hydrogen-bond donors (Lipinski definition) is 2. The Hall–Kier alpha value is -1.79. The summed E-state index contributed by atoms with van der Waals surface area (Å²) >= 11 is 0. The van der Waals surface area contributed by atoms with Crippen molar-refractivity contribution < 1.29 is 14.8 Å². The number of rotatable bonds is 4. The first-order valence-corrected chi connectivity index (χ1v) is 4.21. The van der Waals surface area contributed by atoms with Gasteiger partial charge in [0.05, 0.1) is 17.6 Å². The smallest absolute Gasteiger partial charge is 0.269 e. The van der Waals surface area contributed by atoms with E-state index >= 15 is 0 Å². The minimum absolute atomic E-state index is 0.0934. The van der Waals surface area contributed by atoms with Crippen molar-refractivity contribution in [3.63, 3.8) is 0 Å². The number of nitrogens with zero attached hydrogens (tertiary/aromatic N) is 1. The number of carbonyl (C=O) groups excluding carboxylic acids is 1. The van der Waals surface area contributed by atoms with Crippen molar-refractivity contribution in [3.05, 3.63) is 39.9 Å². The molecule has 0 fully saturated rings. The molecule has 80 valence electrons. The Morgan fingerprint density at radius 2 is 2.00 bits per heavy atom. The molecule has 0 heterocycles. The van der Waals surface area contributed by atoms with Gasteiger partial charge in [-0.05, 0) is 12.1 Å². The van der Waals surface area contributed by atoms with Gasteiger partial charge in [-0.2, -0.15) is 0 Å². The molecule has 0 aromatic heterocycles. The van der Waals surface area contributed by atoms with Crippen LogP contribution in [-0.2, 0) is 0 Å². The van der Waals surface area contributed by atoms with E-state index in [1.54, 1.807) is 0 Å². The maximum atomic E-state index is 11.4. The molecule has 0 amide bonds. The summed E-state index contributed by atoms with van der Waals surface area (Å²) in [6, 6.07) is 4.09. The van der Waals surface area contributed by atoms with Gasteiger partial charge in [0.1, 0.15) is 0 Å². The van der Waals surface area contributed by atoms with Crippen molar-refractivity contribution in [1.29, 1.82) is 0 Å². The molecular formula is C9H10N2O4. The van der Waals surface area contributed by atoms with Crippen LogP contribution in [0.4, 0.5) is 5.69 Å². The average Bonchev–Trinajstić information content (AvgIpc) is 2.27. The topological polar surface area (TPSA) is 106 Å². The molecule has 15 heavy (non-hydrogen) atoms. The zero-order valence-corrected chi connectivity index (χ0v) is 7.79. The first kappa shape index (κ1) is 11.3. The molecule has 0 saturated heterocycles. The van der Waals surface area contributed by atoms with Crippen LogP contribution in [0.5, 0.6) is 0 Å². The molecule has 1 atom stereocenters. The summed E-state index contributed by atoms with van der Waals surface area (Å²) in [6.45, 7) is -0.449. The van der Waals surface area contributed by atoms with Gasteiger partial charge < -0.3 is 10.8 Å². The van der Waals surface area contributed by atoms with Gasteiger partial charge in [0, 0.05) is 17.7 Å². The van der Waals surface area contributed by atoms with Gasteiger partial charge >= 0.3 is 0 Å². The molecule has 0 saturated carbocycles. The Bertz CT molecular complexity index is 374. The number of ketones is 1. The van der Waals surface area contributed by atoms with Crippen molar-refractivity contribution in [2.45, 2.75) is 6.04 Å². The van der Waals surface area contributed by atoms with Crippen molar-refractivity contribution in [3.8, 4) is 0 Å². The molecule has 0 unspecified atom stereocenters. The summed E-state index contributed by atoms with van der Waals surface area (Å²) in [5.41, 5.74) is 5.47.